The van der Waals surface area contributed by atoms with Gasteiger partial charge in [-0.1, -0.05) is 51.4 Å². The van der Waals surface area contributed by atoms with Crippen molar-refractivity contribution in [1.29, 1.82) is 0 Å². The van der Waals surface area contributed by atoms with Gasteiger partial charge in [0.2, 0.25) is 0 Å². The minimum atomic E-state index is -5.41. The first-order chi connectivity index (χ1) is 14.8. The van der Waals surface area contributed by atoms with Crippen LogP contribution in [0.1, 0.15) is 65.6 Å². The monoisotopic (exact) mass is 517 g/mol. The maximum atomic E-state index is 12.4. The normalized spacial score (nSPS) is 12.6. The summed E-state index contributed by atoms with van der Waals surface area (Å²) in [5.74, 6) is 0.506. The SMILES string of the molecule is O=S(=O)(O)c1ccc(OCCCCCCCCCCCCN(C(F)(F)F)C(F)(F)F)cc1.[H-].[Na+]. The van der Waals surface area contributed by atoms with Crippen molar-refractivity contribution in [3.05, 3.63) is 24.3 Å². The minimum Gasteiger partial charge on any atom is -1.00 e. The Morgan fingerprint density at radius 1 is 0.758 bits per heavy atom. The van der Waals surface area contributed by atoms with Gasteiger partial charge >= 0.3 is 42.2 Å². The largest absolute Gasteiger partial charge is 1.00 e. The fourth-order valence-corrected chi connectivity index (χ4v) is 3.56. The van der Waals surface area contributed by atoms with Gasteiger partial charge in [-0.05, 0) is 37.1 Å². The van der Waals surface area contributed by atoms with Crippen molar-refractivity contribution in [3.63, 3.8) is 0 Å². The molecule has 0 heterocycles. The molecule has 0 radical (unpaired) electrons. The van der Waals surface area contributed by atoms with Crippen LogP contribution in [-0.4, -0.2) is 43.6 Å². The van der Waals surface area contributed by atoms with Crippen molar-refractivity contribution in [3.8, 4) is 5.75 Å². The molecule has 0 amide bonds. The molecule has 1 aromatic carbocycles. The van der Waals surface area contributed by atoms with Crippen LogP contribution in [0.2, 0.25) is 0 Å². The Balaban J connectivity index is 0. The van der Waals surface area contributed by atoms with Crippen LogP contribution in [0.4, 0.5) is 26.3 Å². The third-order valence-electron chi connectivity index (χ3n) is 4.78. The third kappa shape index (κ3) is 14.5. The molecule has 1 rings (SSSR count). The number of rotatable bonds is 15. The zero-order chi connectivity index (χ0) is 24.3. The van der Waals surface area contributed by atoms with Crippen molar-refractivity contribution >= 4 is 10.1 Å². The average molecular weight is 518 g/mol. The number of hydrogen-bond acceptors (Lipinski definition) is 4. The molecule has 0 aliphatic rings. The zero-order valence-electron chi connectivity index (χ0n) is 19.6. The van der Waals surface area contributed by atoms with E-state index in [2.05, 4.69) is 0 Å². The van der Waals surface area contributed by atoms with E-state index in [0.29, 0.717) is 25.2 Å². The predicted octanol–water partition coefficient (Wildman–Crippen LogP) is 3.67. The molecule has 0 atom stereocenters. The van der Waals surface area contributed by atoms with E-state index in [-0.39, 0.29) is 42.3 Å². The Morgan fingerprint density at radius 3 is 1.55 bits per heavy atom. The Kier molecular flexibility index (Phi) is 15.2. The maximum Gasteiger partial charge on any atom is 1.00 e. The van der Waals surface area contributed by atoms with Crippen molar-refractivity contribution in [2.75, 3.05) is 13.2 Å². The molecule has 5 nitrogen and oxygen atoms in total. The predicted molar refractivity (Wildman–Crippen MR) is 108 cm³/mol. The Bertz CT molecular complexity index is 750. The molecule has 0 aromatic heterocycles. The fraction of sp³-hybridized carbons (Fsp3) is 0.700. The van der Waals surface area contributed by atoms with Crippen LogP contribution in [0.15, 0.2) is 29.2 Å². The second-order valence-electron chi connectivity index (χ2n) is 7.42. The van der Waals surface area contributed by atoms with Gasteiger partial charge in [-0.3, -0.25) is 4.55 Å². The molecule has 1 N–H and O–H groups in total. The smallest absolute Gasteiger partial charge is 1.00 e. The van der Waals surface area contributed by atoms with Crippen molar-refractivity contribution < 1.29 is 75.0 Å². The van der Waals surface area contributed by atoms with Crippen molar-refractivity contribution in [2.45, 2.75) is 81.7 Å². The number of unbranched alkanes of at least 4 members (excludes halogenated alkanes) is 9. The van der Waals surface area contributed by atoms with Gasteiger partial charge in [-0.2, -0.15) is 34.8 Å². The second kappa shape index (κ2) is 15.5. The summed E-state index contributed by atoms with van der Waals surface area (Å²) in [7, 11) is -4.22. The Labute approximate surface area is 214 Å². The molecule has 0 fully saturated rings. The summed E-state index contributed by atoms with van der Waals surface area (Å²) >= 11 is 0. The van der Waals surface area contributed by atoms with Gasteiger partial charge < -0.3 is 6.16 Å². The topological polar surface area (TPSA) is 66.8 Å². The zero-order valence-corrected chi connectivity index (χ0v) is 21.4. The maximum absolute atomic E-state index is 12.4. The van der Waals surface area contributed by atoms with E-state index in [1.54, 1.807) is 0 Å². The first kappa shape index (κ1) is 32.5. The second-order valence-corrected chi connectivity index (χ2v) is 8.84. The van der Waals surface area contributed by atoms with Gasteiger partial charge in [-0.15, -0.1) is 4.90 Å². The van der Waals surface area contributed by atoms with Crippen molar-refractivity contribution in [1.82, 2.24) is 4.90 Å². The molecule has 0 aliphatic carbocycles. The van der Waals surface area contributed by atoms with Gasteiger partial charge in [0.25, 0.3) is 10.1 Å². The molecule has 1 aromatic rings. The summed E-state index contributed by atoms with van der Waals surface area (Å²) in [6.45, 7) is -0.599. The summed E-state index contributed by atoms with van der Waals surface area (Å²) in [4.78, 5) is -1.58. The van der Waals surface area contributed by atoms with Crippen LogP contribution >= 0.6 is 0 Å². The molecule has 0 spiro atoms. The summed E-state index contributed by atoms with van der Waals surface area (Å²) < 4.78 is 110. The summed E-state index contributed by atoms with van der Waals surface area (Å²) in [6.07, 6.45) is -3.70. The molecule has 0 aliphatic heterocycles. The van der Waals surface area contributed by atoms with E-state index in [0.717, 1.165) is 44.9 Å². The minimum absolute atomic E-state index is 0. The molecular weight excluding hydrogens is 487 g/mol. The van der Waals surface area contributed by atoms with E-state index >= 15 is 0 Å². The van der Waals surface area contributed by atoms with Gasteiger partial charge in [-0.25, -0.2) is 0 Å². The van der Waals surface area contributed by atoms with E-state index in [9.17, 15) is 34.8 Å². The molecule has 0 bridgehead atoms. The van der Waals surface area contributed by atoms with Crippen LogP contribution in [0, 0.1) is 0 Å². The molecule has 0 saturated heterocycles. The number of nitrogens with zero attached hydrogens (tertiary/aromatic N) is 1. The van der Waals surface area contributed by atoms with Gasteiger partial charge in [0, 0.05) is 6.54 Å². The fourth-order valence-electron chi connectivity index (χ4n) is 3.08. The first-order valence-corrected chi connectivity index (χ1v) is 11.9. The molecule has 188 valence electrons. The van der Waals surface area contributed by atoms with E-state index in [4.69, 9.17) is 9.29 Å². The number of hydrogen-bond donors (Lipinski definition) is 1. The van der Waals surface area contributed by atoms with Crippen LogP contribution in [0.25, 0.3) is 0 Å². The molecule has 33 heavy (non-hydrogen) atoms. The first-order valence-electron chi connectivity index (χ1n) is 10.4. The number of benzene rings is 1. The van der Waals surface area contributed by atoms with Crippen LogP contribution in [0.5, 0.6) is 5.75 Å². The van der Waals surface area contributed by atoms with E-state index in [1.807, 2.05) is 0 Å². The van der Waals surface area contributed by atoms with Crippen LogP contribution in [-0.2, 0) is 10.1 Å². The van der Waals surface area contributed by atoms with Crippen LogP contribution < -0.4 is 34.3 Å². The van der Waals surface area contributed by atoms with E-state index in [1.165, 1.54) is 24.3 Å². The average Bonchev–Trinajstić information content (AvgIpc) is 2.66. The van der Waals surface area contributed by atoms with Gasteiger partial charge in [0.1, 0.15) is 5.75 Å². The van der Waals surface area contributed by atoms with Gasteiger partial charge in [0.05, 0.1) is 11.5 Å². The third-order valence-corrected chi connectivity index (χ3v) is 5.65. The number of ether oxygens (including phenoxy) is 1. The summed E-state index contributed by atoms with van der Waals surface area (Å²) in [5, 5.41) is 0. The van der Waals surface area contributed by atoms with E-state index < -0.39 is 34.2 Å². The molecule has 13 heteroatoms. The van der Waals surface area contributed by atoms with Crippen LogP contribution in [0.3, 0.4) is 0 Å². The van der Waals surface area contributed by atoms with Gasteiger partial charge in [0.15, 0.2) is 0 Å². The Morgan fingerprint density at radius 2 is 1.15 bits per heavy atom. The number of halogens is 6. The quantitative estimate of drug-likeness (QED) is 0.127. The Hall–Kier alpha value is -0.530. The number of alkyl halides is 6. The summed E-state index contributed by atoms with van der Waals surface area (Å²) in [6, 6.07) is 5.44. The standard InChI is InChI=1S/C20H29F6NO4S.Na.H/c21-19(22,23)27(20(24,25)26)15-9-7-5-3-1-2-4-6-8-10-16-31-17-11-13-18(14-12-17)32(28,29)30;;/h11-14H,1-10,15-16H2,(H,28,29,30);;/q;+1;-1. The summed E-state index contributed by atoms with van der Waals surface area (Å²) in [5.41, 5.74) is 0. The molecule has 0 saturated carbocycles. The molecular formula is C20H30F6NNaO4S. The molecule has 0 unspecified atom stereocenters. The van der Waals surface area contributed by atoms with Crippen molar-refractivity contribution in [2.24, 2.45) is 0 Å².